The van der Waals surface area contributed by atoms with E-state index in [1.807, 2.05) is 44.2 Å². The largest absolute Gasteiger partial charge is 0.497 e. The molecule has 1 N–H and O–H groups in total. The molecule has 3 rings (SSSR count). The standard InChI is InChI=1S/C22H22ClN3O3/c1-14-11-16(15(2)26(14)18-7-5-17(23)6-8-18)13-24-25-22(27)20-10-9-19(28-3)12-21(20)29-4/h5-13H,1-4H3,(H,25,27)/b24-13-. The molecular formula is C22H22ClN3O3. The maximum atomic E-state index is 12.5. The van der Waals surface area contributed by atoms with Gasteiger partial charge in [0.15, 0.2) is 0 Å². The number of aryl methyl sites for hydroxylation is 1. The number of hydrogen-bond donors (Lipinski definition) is 1. The molecule has 7 heteroatoms. The fourth-order valence-corrected chi connectivity index (χ4v) is 3.24. The van der Waals surface area contributed by atoms with Gasteiger partial charge in [0.05, 0.1) is 26.0 Å². The number of carbonyl (C=O) groups is 1. The van der Waals surface area contributed by atoms with E-state index < -0.39 is 0 Å². The molecule has 0 saturated heterocycles. The van der Waals surface area contributed by atoms with Crippen molar-refractivity contribution in [2.24, 2.45) is 5.10 Å². The molecule has 0 bridgehead atoms. The van der Waals surface area contributed by atoms with Crippen molar-refractivity contribution in [3.05, 3.63) is 76.1 Å². The van der Waals surface area contributed by atoms with E-state index in [0.29, 0.717) is 22.1 Å². The van der Waals surface area contributed by atoms with Crippen molar-refractivity contribution in [3.8, 4) is 17.2 Å². The van der Waals surface area contributed by atoms with Gasteiger partial charge in [-0.1, -0.05) is 11.6 Å². The number of nitrogens with zero attached hydrogens (tertiary/aromatic N) is 2. The maximum Gasteiger partial charge on any atom is 0.275 e. The highest BCUT2D eigenvalue weighted by molar-refractivity contribution is 6.30. The number of amides is 1. The smallest absolute Gasteiger partial charge is 0.275 e. The van der Waals surface area contributed by atoms with Crippen molar-refractivity contribution in [2.75, 3.05) is 14.2 Å². The molecule has 1 heterocycles. The van der Waals surface area contributed by atoms with Crippen LogP contribution < -0.4 is 14.9 Å². The van der Waals surface area contributed by atoms with E-state index in [1.165, 1.54) is 7.11 Å². The van der Waals surface area contributed by atoms with Crippen LogP contribution in [0.1, 0.15) is 27.3 Å². The summed E-state index contributed by atoms with van der Waals surface area (Å²) < 4.78 is 12.5. The lowest BCUT2D eigenvalue weighted by Gasteiger charge is -2.09. The van der Waals surface area contributed by atoms with Crippen LogP contribution in [0.2, 0.25) is 5.02 Å². The molecule has 0 aliphatic carbocycles. The molecule has 2 aromatic carbocycles. The van der Waals surface area contributed by atoms with Crippen molar-refractivity contribution in [1.29, 1.82) is 0 Å². The van der Waals surface area contributed by atoms with E-state index in [2.05, 4.69) is 15.1 Å². The summed E-state index contributed by atoms with van der Waals surface area (Å²) in [5.74, 6) is 0.654. The molecule has 3 aromatic rings. The molecule has 0 saturated carbocycles. The topological polar surface area (TPSA) is 64.8 Å². The molecule has 0 aliphatic rings. The number of ether oxygens (including phenoxy) is 2. The quantitative estimate of drug-likeness (QED) is 0.478. The van der Waals surface area contributed by atoms with Crippen molar-refractivity contribution >= 4 is 23.7 Å². The van der Waals surface area contributed by atoms with Gasteiger partial charge in [-0.25, -0.2) is 5.43 Å². The van der Waals surface area contributed by atoms with Crippen molar-refractivity contribution < 1.29 is 14.3 Å². The first-order valence-corrected chi connectivity index (χ1v) is 9.32. The SMILES string of the molecule is COc1ccc(C(=O)N/N=C\c2cc(C)n(-c3ccc(Cl)cc3)c2C)c(OC)c1. The minimum absolute atomic E-state index is 0.368. The molecule has 0 aliphatic heterocycles. The minimum Gasteiger partial charge on any atom is -0.497 e. The zero-order valence-electron chi connectivity index (χ0n) is 16.7. The molecule has 29 heavy (non-hydrogen) atoms. The van der Waals surface area contributed by atoms with Crippen LogP contribution >= 0.6 is 11.6 Å². The van der Waals surface area contributed by atoms with Gasteiger partial charge in [-0.2, -0.15) is 5.10 Å². The number of carbonyl (C=O) groups excluding carboxylic acids is 1. The molecular weight excluding hydrogens is 390 g/mol. The number of benzene rings is 2. The first-order chi connectivity index (χ1) is 13.9. The predicted octanol–water partition coefficient (Wildman–Crippen LogP) is 4.53. The molecule has 150 valence electrons. The van der Waals surface area contributed by atoms with Crippen LogP contribution in [0.25, 0.3) is 5.69 Å². The van der Waals surface area contributed by atoms with Crippen LogP contribution in [0.15, 0.2) is 53.6 Å². The second kappa shape index (κ2) is 8.84. The zero-order chi connectivity index (χ0) is 21.0. The number of hydrazone groups is 1. The fourth-order valence-electron chi connectivity index (χ4n) is 3.11. The highest BCUT2D eigenvalue weighted by Gasteiger charge is 2.13. The van der Waals surface area contributed by atoms with Gasteiger partial charge in [0, 0.05) is 33.7 Å². The summed E-state index contributed by atoms with van der Waals surface area (Å²) in [6, 6.07) is 14.6. The monoisotopic (exact) mass is 411 g/mol. The Morgan fingerprint density at radius 1 is 1.07 bits per heavy atom. The molecule has 1 amide bonds. The summed E-state index contributed by atoms with van der Waals surface area (Å²) in [4.78, 5) is 12.5. The van der Waals surface area contributed by atoms with Crippen LogP contribution in [-0.4, -0.2) is 30.9 Å². The average molecular weight is 412 g/mol. The van der Waals surface area contributed by atoms with Crippen molar-refractivity contribution in [1.82, 2.24) is 9.99 Å². The Hall–Kier alpha value is -3.25. The van der Waals surface area contributed by atoms with Crippen LogP contribution in [-0.2, 0) is 0 Å². The zero-order valence-corrected chi connectivity index (χ0v) is 17.4. The summed E-state index contributed by atoms with van der Waals surface area (Å²) in [5, 5.41) is 4.80. The number of aromatic nitrogens is 1. The highest BCUT2D eigenvalue weighted by Crippen LogP contribution is 2.24. The third-order valence-corrected chi connectivity index (χ3v) is 4.83. The van der Waals surface area contributed by atoms with Gasteiger partial charge >= 0.3 is 0 Å². The van der Waals surface area contributed by atoms with E-state index in [-0.39, 0.29) is 5.91 Å². The predicted molar refractivity (Wildman–Crippen MR) is 115 cm³/mol. The molecule has 0 unspecified atom stereocenters. The van der Waals surface area contributed by atoms with Gasteiger partial charge in [-0.05, 0) is 56.3 Å². The lowest BCUT2D eigenvalue weighted by molar-refractivity contribution is 0.0952. The normalized spacial score (nSPS) is 10.9. The third kappa shape index (κ3) is 4.43. The molecule has 0 spiro atoms. The van der Waals surface area contributed by atoms with Crippen LogP contribution in [0, 0.1) is 13.8 Å². The molecule has 0 fully saturated rings. The van der Waals surface area contributed by atoms with Crippen molar-refractivity contribution in [2.45, 2.75) is 13.8 Å². The van der Waals surface area contributed by atoms with Gasteiger partial charge in [-0.3, -0.25) is 4.79 Å². The number of rotatable bonds is 6. The number of methoxy groups -OCH3 is 2. The number of halogens is 1. The van der Waals surface area contributed by atoms with Gasteiger partial charge in [-0.15, -0.1) is 0 Å². The number of nitrogens with one attached hydrogen (secondary N) is 1. The van der Waals surface area contributed by atoms with Gasteiger partial charge in [0.1, 0.15) is 11.5 Å². The third-order valence-electron chi connectivity index (χ3n) is 4.58. The molecule has 6 nitrogen and oxygen atoms in total. The van der Waals surface area contributed by atoms with Gasteiger partial charge in [0.2, 0.25) is 0 Å². The molecule has 0 atom stereocenters. The van der Waals surface area contributed by atoms with Crippen LogP contribution in [0.3, 0.4) is 0 Å². The Balaban J connectivity index is 1.78. The first kappa shape index (κ1) is 20.5. The summed E-state index contributed by atoms with van der Waals surface area (Å²) in [7, 11) is 3.06. The average Bonchev–Trinajstić information content (AvgIpc) is 3.01. The lowest BCUT2D eigenvalue weighted by Crippen LogP contribution is -2.18. The van der Waals surface area contributed by atoms with E-state index >= 15 is 0 Å². The van der Waals surface area contributed by atoms with Crippen LogP contribution in [0.4, 0.5) is 0 Å². The summed E-state index contributed by atoms with van der Waals surface area (Å²) in [6.07, 6.45) is 1.63. The van der Waals surface area contributed by atoms with E-state index in [4.69, 9.17) is 21.1 Å². The van der Waals surface area contributed by atoms with Gasteiger partial charge < -0.3 is 14.0 Å². The Labute approximate surface area is 174 Å². The van der Waals surface area contributed by atoms with Gasteiger partial charge in [0.25, 0.3) is 5.91 Å². The van der Waals surface area contributed by atoms with Crippen LogP contribution in [0.5, 0.6) is 11.5 Å². The highest BCUT2D eigenvalue weighted by atomic mass is 35.5. The summed E-state index contributed by atoms with van der Waals surface area (Å²) in [6.45, 7) is 4.01. The first-order valence-electron chi connectivity index (χ1n) is 8.95. The van der Waals surface area contributed by atoms with Crippen molar-refractivity contribution in [3.63, 3.8) is 0 Å². The van der Waals surface area contributed by atoms with E-state index in [9.17, 15) is 4.79 Å². The maximum absolute atomic E-state index is 12.5. The second-order valence-electron chi connectivity index (χ2n) is 6.40. The molecule has 1 aromatic heterocycles. The Bertz CT molecular complexity index is 1060. The fraction of sp³-hybridized carbons (Fsp3) is 0.182. The summed E-state index contributed by atoms with van der Waals surface area (Å²) in [5.41, 5.74) is 6.89. The minimum atomic E-state index is -0.368. The van der Waals surface area contributed by atoms with E-state index in [1.54, 1.807) is 31.5 Å². The second-order valence-corrected chi connectivity index (χ2v) is 6.84. The van der Waals surface area contributed by atoms with E-state index in [0.717, 1.165) is 22.6 Å². The lowest BCUT2D eigenvalue weighted by atomic mass is 10.2. The Morgan fingerprint density at radius 3 is 2.45 bits per heavy atom. The summed E-state index contributed by atoms with van der Waals surface area (Å²) >= 11 is 5.98. The molecule has 0 radical (unpaired) electrons. The number of hydrogen-bond acceptors (Lipinski definition) is 4. The Kier molecular flexibility index (Phi) is 6.24. The Morgan fingerprint density at radius 2 is 1.79 bits per heavy atom.